The molecule has 1 saturated carbocycles. The molecule has 0 unspecified atom stereocenters. The lowest BCUT2D eigenvalue weighted by molar-refractivity contribution is 0.0945. The Balaban J connectivity index is 1.44. The molecule has 5 heteroatoms. The van der Waals surface area contributed by atoms with Gasteiger partial charge < -0.3 is 14.6 Å². The first-order valence-electron chi connectivity index (χ1n) is 9.56. The Morgan fingerprint density at radius 1 is 1.11 bits per heavy atom. The molecule has 5 nitrogen and oxygen atoms in total. The summed E-state index contributed by atoms with van der Waals surface area (Å²) < 4.78 is 11.1. The first-order chi connectivity index (χ1) is 13.6. The van der Waals surface area contributed by atoms with E-state index in [1.54, 1.807) is 6.07 Å². The number of para-hydroxylation sites is 1. The number of carbonyl (C=O) groups is 1. The number of nitrogens with zero attached hydrogens (tertiary/aromatic N) is 1. The maximum Gasteiger partial charge on any atom is 0.255 e. The van der Waals surface area contributed by atoms with Gasteiger partial charge in [-0.3, -0.25) is 4.79 Å². The molecule has 2 aromatic carbocycles. The van der Waals surface area contributed by atoms with Crippen molar-refractivity contribution in [3.8, 4) is 5.75 Å². The third kappa shape index (κ3) is 3.65. The van der Waals surface area contributed by atoms with Gasteiger partial charge in [-0.25, -0.2) is 0 Å². The van der Waals surface area contributed by atoms with Crippen LogP contribution in [0.4, 0.5) is 0 Å². The molecule has 1 aliphatic rings. The summed E-state index contributed by atoms with van der Waals surface area (Å²) >= 11 is 0. The molecule has 28 heavy (non-hydrogen) atoms. The second-order valence-corrected chi connectivity index (χ2v) is 7.42. The summed E-state index contributed by atoms with van der Waals surface area (Å²) in [4.78, 5) is 12.8. The lowest BCUT2D eigenvalue weighted by Crippen LogP contribution is -2.32. The van der Waals surface area contributed by atoms with Gasteiger partial charge in [0.2, 0.25) is 0 Å². The van der Waals surface area contributed by atoms with Crippen molar-refractivity contribution in [3.05, 3.63) is 82.7 Å². The van der Waals surface area contributed by atoms with Crippen LogP contribution in [0.25, 0.3) is 0 Å². The smallest absolute Gasteiger partial charge is 0.255 e. The molecule has 0 aliphatic heterocycles. The molecule has 3 aromatic rings. The molecule has 1 aliphatic carbocycles. The van der Waals surface area contributed by atoms with E-state index >= 15 is 0 Å². The number of amides is 1. The molecule has 0 radical (unpaired) electrons. The van der Waals surface area contributed by atoms with Gasteiger partial charge in [0.05, 0.1) is 16.8 Å². The fraction of sp³-hybridized carbons (Fsp3) is 0.304. The third-order valence-electron chi connectivity index (χ3n) is 5.51. The van der Waals surface area contributed by atoms with Crippen molar-refractivity contribution in [3.63, 3.8) is 0 Å². The molecule has 1 N–H and O–H groups in total. The monoisotopic (exact) mass is 376 g/mol. The molecule has 4 rings (SSSR count). The Morgan fingerprint density at radius 3 is 2.50 bits per heavy atom. The maximum atomic E-state index is 12.8. The van der Waals surface area contributed by atoms with E-state index in [2.05, 4.69) is 34.7 Å². The highest BCUT2D eigenvalue weighted by Crippen LogP contribution is 2.47. The van der Waals surface area contributed by atoms with E-state index in [0.717, 1.165) is 29.9 Å². The Bertz CT molecular complexity index is 955. The van der Waals surface area contributed by atoms with Crippen LogP contribution in [0.15, 0.2) is 59.1 Å². The molecule has 0 bridgehead atoms. The second-order valence-electron chi connectivity index (χ2n) is 7.42. The fourth-order valence-electron chi connectivity index (χ4n) is 3.49. The molecule has 0 atom stereocenters. The van der Waals surface area contributed by atoms with Gasteiger partial charge in [-0.05, 0) is 44.4 Å². The number of aromatic nitrogens is 1. The SMILES string of the molecule is Cc1noc(C)c1COc1ccccc1C(=O)NCC1(c2ccccc2)CC1. The minimum atomic E-state index is -0.114. The normalized spacial score (nSPS) is 14.5. The number of hydrogen-bond donors (Lipinski definition) is 1. The van der Waals surface area contributed by atoms with Gasteiger partial charge in [-0.15, -0.1) is 0 Å². The van der Waals surface area contributed by atoms with Crippen molar-refractivity contribution in [2.45, 2.75) is 38.7 Å². The van der Waals surface area contributed by atoms with Crippen LogP contribution in [0.2, 0.25) is 0 Å². The minimum Gasteiger partial charge on any atom is -0.488 e. The minimum absolute atomic E-state index is 0.0728. The van der Waals surface area contributed by atoms with Gasteiger partial charge in [0, 0.05) is 12.0 Å². The zero-order valence-electron chi connectivity index (χ0n) is 16.2. The van der Waals surface area contributed by atoms with E-state index < -0.39 is 0 Å². The summed E-state index contributed by atoms with van der Waals surface area (Å²) in [6, 6.07) is 17.7. The largest absolute Gasteiger partial charge is 0.488 e. The quantitative estimate of drug-likeness (QED) is 0.666. The highest BCUT2D eigenvalue weighted by Gasteiger charge is 2.44. The summed E-state index contributed by atoms with van der Waals surface area (Å²) in [5.74, 6) is 1.18. The molecule has 1 fully saturated rings. The van der Waals surface area contributed by atoms with Gasteiger partial charge in [-0.2, -0.15) is 0 Å². The van der Waals surface area contributed by atoms with Crippen molar-refractivity contribution in [2.75, 3.05) is 6.54 Å². The predicted octanol–water partition coefficient (Wildman–Crippen LogP) is 4.33. The lowest BCUT2D eigenvalue weighted by Gasteiger charge is -2.17. The molecule has 144 valence electrons. The van der Waals surface area contributed by atoms with E-state index in [4.69, 9.17) is 9.26 Å². The molecule has 1 aromatic heterocycles. The van der Waals surface area contributed by atoms with E-state index in [-0.39, 0.29) is 11.3 Å². The van der Waals surface area contributed by atoms with Crippen molar-refractivity contribution >= 4 is 5.91 Å². The number of carbonyl (C=O) groups excluding carboxylic acids is 1. The number of ether oxygens (including phenoxy) is 1. The zero-order chi connectivity index (χ0) is 19.6. The van der Waals surface area contributed by atoms with Crippen LogP contribution in [-0.2, 0) is 12.0 Å². The van der Waals surface area contributed by atoms with Crippen LogP contribution in [0, 0.1) is 13.8 Å². The molecule has 0 spiro atoms. The van der Waals surface area contributed by atoms with Crippen molar-refractivity contribution in [1.82, 2.24) is 10.5 Å². The highest BCUT2D eigenvalue weighted by atomic mass is 16.5. The standard InChI is InChI=1S/C23H24N2O3/c1-16-20(17(2)28-25-16)14-27-21-11-7-6-10-19(21)22(26)24-15-23(12-13-23)18-8-4-3-5-9-18/h3-11H,12-15H2,1-2H3,(H,24,26). The van der Waals surface area contributed by atoms with Crippen molar-refractivity contribution in [2.24, 2.45) is 0 Å². The third-order valence-corrected chi connectivity index (χ3v) is 5.51. The zero-order valence-corrected chi connectivity index (χ0v) is 16.2. The average Bonchev–Trinajstić information content (AvgIpc) is 3.46. The molecule has 1 amide bonds. The average molecular weight is 376 g/mol. The van der Waals surface area contributed by atoms with Crippen molar-refractivity contribution < 1.29 is 14.1 Å². The summed E-state index contributed by atoms with van der Waals surface area (Å²) in [7, 11) is 0. The van der Waals surface area contributed by atoms with Crippen LogP contribution in [0.5, 0.6) is 5.75 Å². The second kappa shape index (κ2) is 7.50. The molecular weight excluding hydrogens is 352 g/mol. The maximum absolute atomic E-state index is 12.8. The number of hydrogen-bond acceptors (Lipinski definition) is 4. The predicted molar refractivity (Wildman–Crippen MR) is 106 cm³/mol. The summed E-state index contributed by atoms with van der Waals surface area (Å²) in [6.07, 6.45) is 2.20. The Labute approximate surface area is 164 Å². The van der Waals surface area contributed by atoms with E-state index in [9.17, 15) is 4.79 Å². The van der Waals surface area contributed by atoms with Gasteiger partial charge in [0.15, 0.2) is 0 Å². The Morgan fingerprint density at radius 2 is 1.82 bits per heavy atom. The van der Waals surface area contributed by atoms with Crippen molar-refractivity contribution in [1.29, 1.82) is 0 Å². The first-order valence-corrected chi connectivity index (χ1v) is 9.56. The first kappa shape index (κ1) is 18.3. The fourth-order valence-corrected chi connectivity index (χ4v) is 3.49. The lowest BCUT2D eigenvalue weighted by atomic mass is 9.96. The van der Waals surface area contributed by atoms with Gasteiger partial charge >= 0.3 is 0 Å². The van der Waals surface area contributed by atoms with E-state index in [1.165, 1.54) is 5.56 Å². The summed E-state index contributed by atoms with van der Waals surface area (Å²) in [5, 5.41) is 7.05. The Hall–Kier alpha value is -3.08. The Kier molecular flexibility index (Phi) is 4.90. The number of rotatable bonds is 7. The van der Waals surface area contributed by atoms with E-state index in [1.807, 2.05) is 38.1 Å². The van der Waals surface area contributed by atoms with Crippen LogP contribution in [0.1, 0.15) is 45.8 Å². The molecular formula is C23H24N2O3. The number of nitrogens with one attached hydrogen (secondary N) is 1. The van der Waals surface area contributed by atoms with E-state index in [0.29, 0.717) is 24.5 Å². The molecule has 0 saturated heterocycles. The van der Waals surface area contributed by atoms with Crippen LogP contribution in [0.3, 0.4) is 0 Å². The number of aryl methyl sites for hydroxylation is 2. The topological polar surface area (TPSA) is 64.4 Å². The van der Waals surface area contributed by atoms with Crippen LogP contribution in [-0.4, -0.2) is 17.6 Å². The van der Waals surface area contributed by atoms with Gasteiger partial charge in [0.1, 0.15) is 18.1 Å². The molecule has 1 heterocycles. The van der Waals surface area contributed by atoms with Gasteiger partial charge in [-0.1, -0.05) is 47.6 Å². The highest BCUT2D eigenvalue weighted by molar-refractivity contribution is 5.97. The summed E-state index contributed by atoms with van der Waals surface area (Å²) in [6.45, 7) is 4.69. The van der Waals surface area contributed by atoms with Crippen LogP contribution >= 0.6 is 0 Å². The number of benzene rings is 2. The van der Waals surface area contributed by atoms with Crippen LogP contribution < -0.4 is 10.1 Å². The summed E-state index contributed by atoms with van der Waals surface area (Å²) in [5.41, 5.74) is 3.62. The van der Waals surface area contributed by atoms with Gasteiger partial charge in [0.25, 0.3) is 5.91 Å².